The number of rotatable bonds is 6. The molecular formula is C15H22ClN3O2. The molecule has 3 N–H and O–H groups in total. The van der Waals surface area contributed by atoms with E-state index in [4.69, 9.17) is 11.6 Å². The maximum atomic E-state index is 12.3. The lowest BCUT2D eigenvalue weighted by Crippen LogP contribution is -2.43. The normalized spacial score (nSPS) is 10.9. The summed E-state index contributed by atoms with van der Waals surface area (Å²) in [6, 6.07) is 5.11. The molecule has 0 atom stereocenters. The van der Waals surface area contributed by atoms with Gasteiger partial charge < -0.3 is 16.0 Å². The van der Waals surface area contributed by atoms with Gasteiger partial charge in [-0.3, -0.25) is 9.59 Å². The third-order valence-electron chi connectivity index (χ3n) is 3.13. The van der Waals surface area contributed by atoms with Crippen LogP contribution in [0, 0.1) is 5.41 Å². The highest BCUT2D eigenvalue weighted by Gasteiger charge is 2.27. The third-order valence-corrected chi connectivity index (χ3v) is 3.36. The van der Waals surface area contributed by atoms with Crippen molar-refractivity contribution >= 4 is 29.1 Å². The predicted molar refractivity (Wildman–Crippen MR) is 85.8 cm³/mol. The molecule has 0 heterocycles. The highest BCUT2D eigenvalue weighted by molar-refractivity contribution is 6.31. The zero-order valence-corrected chi connectivity index (χ0v) is 13.6. The van der Waals surface area contributed by atoms with Crippen molar-refractivity contribution in [1.82, 2.24) is 10.6 Å². The second kappa shape index (κ2) is 7.31. The lowest BCUT2D eigenvalue weighted by Gasteiger charge is -2.23. The number of amides is 2. The van der Waals surface area contributed by atoms with E-state index in [2.05, 4.69) is 16.0 Å². The van der Waals surface area contributed by atoms with Gasteiger partial charge in [-0.2, -0.15) is 0 Å². The minimum atomic E-state index is -0.679. The molecule has 1 aromatic carbocycles. The van der Waals surface area contributed by atoms with Crippen LogP contribution in [0.25, 0.3) is 0 Å². The summed E-state index contributed by atoms with van der Waals surface area (Å²) in [6.07, 6.45) is 0. The Balaban J connectivity index is 2.85. The molecule has 0 saturated carbocycles. The molecule has 5 nitrogen and oxygen atoms in total. The Bertz CT molecular complexity index is 530. The first kappa shape index (κ1) is 17.3. The van der Waals surface area contributed by atoms with Gasteiger partial charge in [0.2, 0.25) is 5.91 Å². The van der Waals surface area contributed by atoms with Gasteiger partial charge in [-0.15, -0.1) is 0 Å². The zero-order valence-electron chi connectivity index (χ0n) is 12.8. The van der Waals surface area contributed by atoms with Crippen LogP contribution < -0.4 is 16.0 Å². The van der Waals surface area contributed by atoms with E-state index in [1.165, 1.54) is 0 Å². The van der Waals surface area contributed by atoms with E-state index >= 15 is 0 Å². The minimum Gasteiger partial charge on any atom is -0.385 e. The summed E-state index contributed by atoms with van der Waals surface area (Å²) in [7, 11) is 1.58. The lowest BCUT2D eigenvalue weighted by molar-refractivity contribution is -0.128. The van der Waals surface area contributed by atoms with E-state index in [0.29, 0.717) is 17.1 Å². The molecule has 0 aliphatic carbocycles. The molecule has 0 aliphatic rings. The Morgan fingerprint density at radius 2 is 1.95 bits per heavy atom. The van der Waals surface area contributed by atoms with E-state index in [9.17, 15) is 9.59 Å². The van der Waals surface area contributed by atoms with Crippen molar-refractivity contribution in [3.05, 3.63) is 28.8 Å². The van der Waals surface area contributed by atoms with Gasteiger partial charge in [-0.1, -0.05) is 11.6 Å². The first-order valence-electron chi connectivity index (χ1n) is 6.85. The average Bonchev–Trinajstić information content (AvgIpc) is 2.46. The van der Waals surface area contributed by atoms with Gasteiger partial charge in [0.25, 0.3) is 5.91 Å². The summed E-state index contributed by atoms with van der Waals surface area (Å²) in [4.78, 5) is 24.0. The fourth-order valence-electron chi connectivity index (χ4n) is 1.86. The van der Waals surface area contributed by atoms with Crippen molar-refractivity contribution in [3.8, 4) is 0 Å². The van der Waals surface area contributed by atoms with Crippen molar-refractivity contribution in [2.45, 2.75) is 20.8 Å². The highest BCUT2D eigenvalue weighted by atomic mass is 35.5. The van der Waals surface area contributed by atoms with Gasteiger partial charge in [0, 0.05) is 30.8 Å². The first-order valence-corrected chi connectivity index (χ1v) is 7.23. The van der Waals surface area contributed by atoms with Crippen molar-refractivity contribution in [3.63, 3.8) is 0 Å². The molecule has 6 heteroatoms. The fourth-order valence-corrected chi connectivity index (χ4v) is 2.04. The molecule has 0 bridgehead atoms. The van der Waals surface area contributed by atoms with Crippen LogP contribution in [0.2, 0.25) is 5.02 Å². The van der Waals surface area contributed by atoms with Gasteiger partial charge in [0.15, 0.2) is 0 Å². The molecule has 0 saturated heterocycles. The van der Waals surface area contributed by atoms with Crippen molar-refractivity contribution in [1.29, 1.82) is 0 Å². The van der Waals surface area contributed by atoms with Crippen LogP contribution >= 0.6 is 11.6 Å². The first-order chi connectivity index (χ1) is 9.81. The van der Waals surface area contributed by atoms with E-state index in [1.54, 1.807) is 39.1 Å². The number of hydrogen-bond acceptors (Lipinski definition) is 3. The van der Waals surface area contributed by atoms with Gasteiger partial charge in [0.05, 0.1) is 11.0 Å². The van der Waals surface area contributed by atoms with E-state index in [-0.39, 0.29) is 18.4 Å². The number of anilines is 1. The minimum absolute atomic E-state index is 0.124. The van der Waals surface area contributed by atoms with Crippen LogP contribution in [0.1, 0.15) is 31.1 Å². The smallest absolute Gasteiger partial charge is 0.253 e. The largest absolute Gasteiger partial charge is 0.385 e. The maximum absolute atomic E-state index is 12.3. The Kier molecular flexibility index (Phi) is 6.03. The molecule has 1 rings (SSSR count). The van der Waals surface area contributed by atoms with Gasteiger partial charge >= 0.3 is 0 Å². The molecule has 0 radical (unpaired) electrons. The van der Waals surface area contributed by atoms with Crippen LogP contribution in [0.4, 0.5) is 5.69 Å². The summed E-state index contributed by atoms with van der Waals surface area (Å²) in [6.45, 7) is 6.44. The molecule has 116 valence electrons. The summed E-state index contributed by atoms with van der Waals surface area (Å²) >= 11 is 5.95. The molecule has 0 aliphatic heterocycles. The second-order valence-corrected chi connectivity index (χ2v) is 5.80. The van der Waals surface area contributed by atoms with Gasteiger partial charge in [-0.05, 0) is 39.0 Å². The Hall–Kier alpha value is -1.75. The third kappa shape index (κ3) is 4.63. The van der Waals surface area contributed by atoms with Crippen molar-refractivity contribution < 1.29 is 9.59 Å². The SMILES string of the molecule is CCNc1ccc(Cl)cc1C(=O)NCC(C)(C)C(=O)NC. The summed E-state index contributed by atoms with van der Waals surface area (Å²) in [5.41, 5.74) is 0.510. The number of hydrogen-bond donors (Lipinski definition) is 3. The summed E-state index contributed by atoms with van der Waals surface area (Å²) in [5, 5.41) is 8.98. The topological polar surface area (TPSA) is 70.2 Å². The monoisotopic (exact) mass is 311 g/mol. The van der Waals surface area contributed by atoms with E-state index in [0.717, 1.165) is 5.69 Å². The molecular weight excluding hydrogens is 290 g/mol. The van der Waals surface area contributed by atoms with Gasteiger partial charge in [0.1, 0.15) is 0 Å². The molecule has 1 aromatic rings. The predicted octanol–water partition coefficient (Wildman–Crippen LogP) is 2.27. The molecule has 0 aromatic heterocycles. The van der Waals surface area contributed by atoms with E-state index in [1.807, 2.05) is 6.92 Å². The Morgan fingerprint density at radius 3 is 2.52 bits per heavy atom. The lowest BCUT2D eigenvalue weighted by atomic mass is 9.92. The van der Waals surface area contributed by atoms with Crippen LogP contribution in [0.15, 0.2) is 18.2 Å². The standard InChI is InChI=1S/C15H22ClN3O2/c1-5-18-12-7-6-10(16)8-11(12)13(20)19-9-15(2,3)14(21)17-4/h6-8,18H,5,9H2,1-4H3,(H,17,21)(H,19,20). The number of benzene rings is 1. The molecule has 21 heavy (non-hydrogen) atoms. The Labute approximate surface area is 130 Å². The number of carbonyl (C=O) groups is 2. The molecule has 0 spiro atoms. The number of nitrogens with one attached hydrogen (secondary N) is 3. The summed E-state index contributed by atoms with van der Waals surface area (Å²) < 4.78 is 0. The van der Waals surface area contributed by atoms with Crippen LogP contribution in [0.3, 0.4) is 0 Å². The second-order valence-electron chi connectivity index (χ2n) is 5.37. The fraction of sp³-hybridized carbons (Fsp3) is 0.467. The maximum Gasteiger partial charge on any atom is 0.253 e. The van der Waals surface area contributed by atoms with Crippen LogP contribution in [-0.4, -0.2) is 32.0 Å². The summed E-state index contributed by atoms with van der Waals surface area (Å²) in [5.74, 6) is -0.383. The Morgan fingerprint density at radius 1 is 1.29 bits per heavy atom. The zero-order chi connectivity index (χ0) is 16.0. The highest BCUT2D eigenvalue weighted by Crippen LogP contribution is 2.21. The molecule has 0 fully saturated rings. The van der Waals surface area contributed by atoms with Crippen LogP contribution in [0.5, 0.6) is 0 Å². The number of carbonyl (C=O) groups excluding carboxylic acids is 2. The average molecular weight is 312 g/mol. The van der Waals surface area contributed by atoms with E-state index < -0.39 is 5.41 Å². The molecule has 2 amide bonds. The van der Waals surface area contributed by atoms with Crippen LogP contribution in [-0.2, 0) is 4.79 Å². The van der Waals surface area contributed by atoms with Crippen molar-refractivity contribution in [2.24, 2.45) is 5.41 Å². The molecule has 0 unspecified atom stereocenters. The quantitative estimate of drug-likeness (QED) is 0.755. The van der Waals surface area contributed by atoms with Crippen molar-refractivity contribution in [2.75, 3.05) is 25.5 Å². The number of halogens is 1. The van der Waals surface area contributed by atoms with Gasteiger partial charge in [-0.25, -0.2) is 0 Å².